The zero-order valence-corrected chi connectivity index (χ0v) is 13.2. The molecule has 2 nitrogen and oxygen atoms in total. The smallest absolute Gasteiger partial charge is 0.187 e. The summed E-state index contributed by atoms with van der Waals surface area (Å²) in [7, 11) is 0. The van der Waals surface area contributed by atoms with Gasteiger partial charge >= 0.3 is 0 Å². The molecule has 0 aromatic heterocycles. The van der Waals surface area contributed by atoms with Gasteiger partial charge in [0, 0.05) is 0 Å². The molecule has 4 rings (SSSR count). The van der Waals surface area contributed by atoms with E-state index in [-0.39, 0.29) is 11.6 Å². The first kappa shape index (κ1) is 15.5. The minimum Gasteiger partial charge on any atom is -0.356 e. The monoisotopic (exact) mass is 333 g/mol. The predicted molar refractivity (Wildman–Crippen MR) is 90.2 cm³/mol. The quantitative estimate of drug-likeness (QED) is 0.577. The van der Waals surface area contributed by atoms with Crippen LogP contribution in [-0.4, -0.2) is 0 Å². The van der Waals surface area contributed by atoms with Crippen molar-refractivity contribution < 1.29 is 13.5 Å². The van der Waals surface area contributed by atoms with E-state index in [9.17, 15) is 8.78 Å². The van der Waals surface area contributed by atoms with Gasteiger partial charge in [0.1, 0.15) is 17.2 Å². The Labute approximate surface area is 144 Å². The third-order valence-electron chi connectivity index (χ3n) is 4.54. The number of halogens is 2. The standard InChI is InChI=1S/C21H13F2NO/c1-24-19-10-11-20-14(12-19)13-25-21(20,15-2-6-17(22)7-3-15)16-4-8-18(23)9-5-16/h2-12H,13H2. The lowest BCUT2D eigenvalue weighted by molar-refractivity contribution is 0.0267. The lowest BCUT2D eigenvalue weighted by Crippen LogP contribution is -2.28. The largest absolute Gasteiger partial charge is 0.356 e. The van der Waals surface area contributed by atoms with E-state index < -0.39 is 5.60 Å². The summed E-state index contributed by atoms with van der Waals surface area (Å²) < 4.78 is 33.1. The van der Waals surface area contributed by atoms with Crippen LogP contribution in [0.2, 0.25) is 0 Å². The Kier molecular flexibility index (Phi) is 3.60. The van der Waals surface area contributed by atoms with Gasteiger partial charge in [-0.2, -0.15) is 0 Å². The Morgan fingerprint density at radius 3 is 1.92 bits per heavy atom. The van der Waals surface area contributed by atoms with Gasteiger partial charge in [0.05, 0.1) is 13.2 Å². The number of nitrogens with zero attached hydrogens (tertiary/aromatic N) is 1. The van der Waals surface area contributed by atoms with E-state index in [0.29, 0.717) is 12.3 Å². The fourth-order valence-corrected chi connectivity index (χ4v) is 3.39. The molecular weight excluding hydrogens is 320 g/mol. The van der Waals surface area contributed by atoms with Crippen molar-refractivity contribution in [3.63, 3.8) is 0 Å². The fourth-order valence-electron chi connectivity index (χ4n) is 3.39. The number of hydrogen-bond acceptors (Lipinski definition) is 1. The molecule has 0 amide bonds. The van der Waals surface area contributed by atoms with E-state index in [2.05, 4.69) is 4.85 Å². The molecular formula is C21H13F2NO. The van der Waals surface area contributed by atoms with Crippen LogP contribution in [-0.2, 0) is 16.9 Å². The average molecular weight is 333 g/mol. The van der Waals surface area contributed by atoms with E-state index in [1.165, 1.54) is 24.3 Å². The summed E-state index contributed by atoms with van der Waals surface area (Å²) in [5.41, 5.74) is 2.90. The van der Waals surface area contributed by atoms with Crippen molar-refractivity contribution in [2.75, 3.05) is 0 Å². The van der Waals surface area contributed by atoms with Crippen molar-refractivity contribution in [2.45, 2.75) is 12.2 Å². The minimum atomic E-state index is -0.947. The Morgan fingerprint density at radius 1 is 0.840 bits per heavy atom. The van der Waals surface area contributed by atoms with E-state index in [0.717, 1.165) is 22.3 Å². The summed E-state index contributed by atoms with van der Waals surface area (Å²) in [6.07, 6.45) is 0. The predicted octanol–water partition coefficient (Wildman–Crippen LogP) is 5.34. The molecule has 0 saturated carbocycles. The van der Waals surface area contributed by atoms with Crippen molar-refractivity contribution in [3.8, 4) is 0 Å². The zero-order chi connectivity index (χ0) is 17.4. The maximum Gasteiger partial charge on any atom is 0.187 e. The van der Waals surface area contributed by atoms with Crippen LogP contribution in [0.4, 0.5) is 14.5 Å². The first-order chi connectivity index (χ1) is 12.1. The molecule has 0 bridgehead atoms. The second kappa shape index (κ2) is 5.80. The molecule has 3 aromatic carbocycles. The molecule has 0 N–H and O–H groups in total. The Balaban J connectivity index is 1.98. The lowest BCUT2D eigenvalue weighted by Gasteiger charge is -2.31. The molecule has 1 aliphatic heterocycles. The Hall–Kier alpha value is -3.03. The van der Waals surface area contributed by atoms with Gasteiger partial charge in [0.25, 0.3) is 0 Å². The maximum atomic E-state index is 13.4. The lowest BCUT2D eigenvalue weighted by atomic mass is 9.80. The van der Waals surface area contributed by atoms with Gasteiger partial charge in [0.15, 0.2) is 5.69 Å². The molecule has 0 fully saturated rings. The van der Waals surface area contributed by atoms with Crippen LogP contribution in [0.15, 0.2) is 66.7 Å². The van der Waals surface area contributed by atoms with Gasteiger partial charge in [-0.15, -0.1) is 0 Å². The maximum absolute atomic E-state index is 13.4. The minimum absolute atomic E-state index is 0.327. The van der Waals surface area contributed by atoms with Gasteiger partial charge in [-0.25, -0.2) is 13.6 Å². The average Bonchev–Trinajstić information content (AvgIpc) is 3.02. The molecule has 25 heavy (non-hydrogen) atoms. The van der Waals surface area contributed by atoms with Gasteiger partial charge in [-0.3, -0.25) is 0 Å². The van der Waals surface area contributed by atoms with Crippen LogP contribution in [0, 0.1) is 18.2 Å². The van der Waals surface area contributed by atoms with Crippen LogP contribution in [0.1, 0.15) is 22.3 Å². The molecule has 0 spiro atoms. The topological polar surface area (TPSA) is 13.6 Å². The second-order valence-corrected chi connectivity index (χ2v) is 5.94. The number of ether oxygens (including phenoxy) is 1. The van der Waals surface area contributed by atoms with E-state index in [4.69, 9.17) is 11.3 Å². The highest BCUT2D eigenvalue weighted by molar-refractivity contribution is 5.58. The molecule has 0 unspecified atom stereocenters. The SMILES string of the molecule is [C-]#[N+]c1ccc2c(c1)COC2(c1ccc(F)cc1)c1ccc(F)cc1. The molecule has 3 aromatic rings. The van der Waals surface area contributed by atoms with Crippen LogP contribution in [0.5, 0.6) is 0 Å². The molecule has 122 valence electrons. The number of benzene rings is 3. The Bertz CT molecular complexity index is 927. The molecule has 0 radical (unpaired) electrons. The summed E-state index contributed by atoms with van der Waals surface area (Å²) in [6.45, 7) is 7.51. The summed E-state index contributed by atoms with van der Waals surface area (Å²) in [5.74, 6) is -0.667. The van der Waals surface area contributed by atoms with E-state index in [1.54, 1.807) is 36.4 Å². The molecule has 0 aliphatic carbocycles. The summed E-state index contributed by atoms with van der Waals surface area (Å²) in [4.78, 5) is 3.46. The van der Waals surface area contributed by atoms with Crippen LogP contribution >= 0.6 is 0 Å². The fraction of sp³-hybridized carbons (Fsp3) is 0.0952. The molecule has 1 aliphatic rings. The summed E-state index contributed by atoms with van der Waals surface area (Å²) in [5, 5.41) is 0. The highest BCUT2D eigenvalue weighted by Crippen LogP contribution is 2.47. The summed E-state index contributed by atoms with van der Waals surface area (Å²) in [6, 6.07) is 17.7. The van der Waals surface area contributed by atoms with Crippen LogP contribution < -0.4 is 0 Å². The second-order valence-electron chi connectivity index (χ2n) is 5.94. The van der Waals surface area contributed by atoms with Crippen molar-refractivity contribution in [1.29, 1.82) is 0 Å². The molecule has 4 heteroatoms. The molecule has 0 atom stereocenters. The third-order valence-corrected chi connectivity index (χ3v) is 4.54. The third kappa shape index (κ3) is 2.41. The van der Waals surface area contributed by atoms with Crippen LogP contribution in [0.3, 0.4) is 0 Å². The number of rotatable bonds is 2. The van der Waals surface area contributed by atoms with Crippen LogP contribution in [0.25, 0.3) is 4.85 Å². The number of hydrogen-bond donors (Lipinski definition) is 0. The van der Waals surface area contributed by atoms with E-state index >= 15 is 0 Å². The molecule has 1 heterocycles. The van der Waals surface area contributed by atoms with Crippen molar-refractivity contribution in [2.24, 2.45) is 0 Å². The number of fused-ring (bicyclic) bond motifs is 1. The first-order valence-corrected chi connectivity index (χ1v) is 7.80. The van der Waals surface area contributed by atoms with E-state index in [1.807, 2.05) is 6.07 Å². The first-order valence-electron chi connectivity index (χ1n) is 7.80. The highest BCUT2D eigenvalue weighted by atomic mass is 19.1. The van der Waals surface area contributed by atoms with Gasteiger partial charge in [-0.1, -0.05) is 42.5 Å². The highest BCUT2D eigenvalue weighted by Gasteiger charge is 2.43. The van der Waals surface area contributed by atoms with Gasteiger partial charge in [0.2, 0.25) is 0 Å². The zero-order valence-electron chi connectivity index (χ0n) is 13.2. The summed E-state index contributed by atoms with van der Waals surface area (Å²) >= 11 is 0. The normalized spacial score (nSPS) is 14.8. The Morgan fingerprint density at radius 2 is 1.40 bits per heavy atom. The van der Waals surface area contributed by atoms with Crippen molar-refractivity contribution in [1.82, 2.24) is 0 Å². The van der Waals surface area contributed by atoms with Crippen molar-refractivity contribution in [3.05, 3.63) is 112 Å². The van der Waals surface area contributed by atoms with Gasteiger partial charge < -0.3 is 4.74 Å². The molecule has 0 saturated heterocycles. The van der Waals surface area contributed by atoms with Gasteiger partial charge in [-0.05, 0) is 46.5 Å². The van der Waals surface area contributed by atoms with Crippen molar-refractivity contribution >= 4 is 5.69 Å².